The molecule has 2 heterocycles. The molecule has 0 amide bonds. The van der Waals surface area contributed by atoms with Gasteiger partial charge in [-0.05, 0) is 43.7 Å². The van der Waals surface area contributed by atoms with Crippen molar-refractivity contribution < 1.29 is 4.39 Å². The number of nitrogens with one attached hydrogen (secondary N) is 1. The summed E-state index contributed by atoms with van der Waals surface area (Å²) in [5.41, 5.74) is 4.15. The van der Waals surface area contributed by atoms with Gasteiger partial charge in [0.05, 0.1) is 16.3 Å². The van der Waals surface area contributed by atoms with Crippen LogP contribution in [0.2, 0.25) is 0 Å². The van der Waals surface area contributed by atoms with Crippen LogP contribution in [-0.2, 0) is 0 Å². The van der Waals surface area contributed by atoms with Crippen molar-refractivity contribution in [3.63, 3.8) is 0 Å². The SMILES string of the molecule is Cc1cc(Nc2nccc(-c3sc(-c4ccccc4)nc3C)n2)ccc1F. The van der Waals surface area contributed by atoms with E-state index in [4.69, 9.17) is 0 Å². The Hall–Kier alpha value is -3.12. The number of halogens is 1. The molecule has 0 saturated carbocycles. The van der Waals surface area contributed by atoms with Gasteiger partial charge in [0.25, 0.3) is 0 Å². The first-order valence-corrected chi connectivity index (χ1v) is 9.31. The predicted octanol–water partition coefficient (Wildman–Crippen LogP) is 5.77. The quantitative estimate of drug-likeness (QED) is 0.491. The second kappa shape index (κ2) is 7.25. The third-order valence-electron chi connectivity index (χ3n) is 4.12. The molecule has 0 atom stereocenters. The second-order valence-electron chi connectivity index (χ2n) is 6.15. The van der Waals surface area contributed by atoms with E-state index in [1.807, 2.05) is 43.3 Å². The van der Waals surface area contributed by atoms with E-state index in [0.29, 0.717) is 11.5 Å². The van der Waals surface area contributed by atoms with Gasteiger partial charge >= 0.3 is 0 Å². The largest absolute Gasteiger partial charge is 0.324 e. The number of anilines is 2. The number of hydrogen-bond acceptors (Lipinski definition) is 5. The number of benzene rings is 2. The summed E-state index contributed by atoms with van der Waals surface area (Å²) in [5.74, 6) is 0.233. The number of rotatable bonds is 4. The Morgan fingerprint density at radius 1 is 0.963 bits per heavy atom. The first-order valence-electron chi connectivity index (χ1n) is 8.49. The smallest absolute Gasteiger partial charge is 0.227 e. The van der Waals surface area contributed by atoms with Crippen molar-refractivity contribution in [2.24, 2.45) is 0 Å². The van der Waals surface area contributed by atoms with Crippen molar-refractivity contribution in [2.45, 2.75) is 13.8 Å². The molecule has 27 heavy (non-hydrogen) atoms. The highest BCUT2D eigenvalue weighted by atomic mass is 32.1. The second-order valence-corrected chi connectivity index (χ2v) is 7.15. The summed E-state index contributed by atoms with van der Waals surface area (Å²) in [6, 6.07) is 16.8. The Bertz CT molecular complexity index is 1090. The van der Waals surface area contributed by atoms with Crippen LogP contribution in [0.15, 0.2) is 60.8 Å². The maximum absolute atomic E-state index is 13.4. The molecule has 134 valence electrons. The Morgan fingerprint density at radius 2 is 1.78 bits per heavy atom. The number of aromatic nitrogens is 3. The van der Waals surface area contributed by atoms with Gasteiger partial charge in [-0.25, -0.2) is 19.3 Å². The van der Waals surface area contributed by atoms with Crippen LogP contribution in [0.1, 0.15) is 11.3 Å². The van der Waals surface area contributed by atoms with Gasteiger partial charge in [0.15, 0.2) is 0 Å². The lowest BCUT2D eigenvalue weighted by atomic mass is 10.2. The van der Waals surface area contributed by atoms with Crippen LogP contribution in [0.4, 0.5) is 16.0 Å². The molecule has 1 N–H and O–H groups in total. The monoisotopic (exact) mass is 376 g/mol. The van der Waals surface area contributed by atoms with E-state index in [1.165, 1.54) is 6.07 Å². The molecule has 0 radical (unpaired) electrons. The van der Waals surface area contributed by atoms with Gasteiger partial charge in [-0.2, -0.15) is 0 Å². The molecule has 6 heteroatoms. The molecule has 0 aliphatic carbocycles. The zero-order chi connectivity index (χ0) is 18.8. The minimum Gasteiger partial charge on any atom is -0.324 e. The standard InChI is InChI=1S/C21H17FN4S/c1-13-12-16(8-9-17(13)22)25-21-23-11-10-18(26-21)19-14(2)24-20(27-19)15-6-4-3-5-7-15/h3-12H,1-2H3,(H,23,25,26). The van der Waals surface area contributed by atoms with E-state index in [2.05, 4.69) is 20.3 Å². The molecule has 0 spiro atoms. The van der Waals surface area contributed by atoms with Gasteiger partial charge < -0.3 is 5.32 Å². The van der Waals surface area contributed by atoms with Gasteiger partial charge in [-0.3, -0.25) is 0 Å². The van der Waals surface area contributed by atoms with Crippen LogP contribution in [0.5, 0.6) is 0 Å². The van der Waals surface area contributed by atoms with Crippen molar-refractivity contribution in [3.05, 3.63) is 77.9 Å². The van der Waals surface area contributed by atoms with Crippen LogP contribution >= 0.6 is 11.3 Å². The molecule has 2 aromatic carbocycles. The average molecular weight is 376 g/mol. The van der Waals surface area contributed by atoms with Crippen LogP contribution in [0, 0.1) is 19.7 Å². The molecule has 4 rings (SSSR count). The summed E-state index contributed by atoms with van der Waals surface area (Å²) in [6.45, 7) is 3.71. The summed E-state index contributed by atoms with van der Waals surface area (Å²) in [7, 11) is 0. The van der Waals surface area contributed by atoms with Crippen LogP contribution in [0.3, 0.4) is 0 Å². The maximum atomic E-state index is 13.4. The fourth-order valence-corrected chi connectivity index (χ4v) is 3.78. The van der Waals surface area contributed by atoms with Crippen LogP contribution < -0.4 is 5.32 Å². The Balaban J connectivity index is 1.64. The lowest BCUT2D eigenvalue weighted by Crippen LogP contribution is -1.98. The molecule has 4 aromatic rings. The van der Waals surface area contributed by atoms with Crippen molar-refractivity contribution in [1.82, 2.24) is 15.0 Å². The summed E-state index contributed by atoms with van der Waals surface area (Å²) >= 11 is 1.61. The van der Waals surface area contributed by atoms with Crippen molar-refractivity contribution in [1.29, 1.82) is 0 Å². The lowest BCUT2D eigenvalue weighted by Gasteiger charge is -2.07. The van der Waals surface area contributed by atoms with E-state index < -0.39 is 0 Å². The van der Waals surface area contributed by atoms with Crippen molar-refractivity contribution in [3.8, 4) is 21.1 Å². The van der Waals surface area contributed by atoms with Gasteiger partial charge in [-0.15, -0.1) is 11.3 Å². The van der Waals surface area contributed by atoms with Gasteiger partial charge in [0.1, 0.15) is 10.8 Å². The highest BCUT2D eigenvalue weighted by Gasteiger charge is 2.13. The molecule has 0 unspecified atom stereocenters. The highest BCUT2D eigenvalue weighted by Crippen LogP contribution is 2.34. The first kappa shape index (κ1) is 17.3. The van der Waals surface area contributed by atoms with E-state index in [9.17, 15) is 4.39 Å². The molecule has 0 saturated heterocycles. The summed E-state index contributed by atoms with van der Waals surface area (Å²) in [6.07, 6.45) is 1.71. The molecular formula is C21H17FN4S. The fraction of sp³-hybridized carbons (Fsp3) is 0.0952. The molecule has 4 nitrogen and oxygen atoms in total. The minimum absolute atomic E-state index is 0.232. The Morgan fingerprint density at radius 3 is 2.56 bits per heavy atom. The van der Waals surface area contributed by atoms with Crippen LogP contribution in [0.25, 0.3) is 21.1 Å². The van der Waals surface area contributed by atoms with E-state index in [-0.39, 0.29) is 5.82 Å². The average Bonchev–Trinajstić information content (AvgIpc) is 3.07. The van der Waals surface area contributed by atoms with Crippen LogP contribution in [-0.4, -0.2) is 15.0 Å². The maximum Gasteiger partial charge on any atom is 0.227 e. The van der Waals surface area contributed by atoms with E-state index >= 15 is 0 Å². The third kappa shape index (κ3) is 3.71. The normalized spacial score (nSPS) is 10.8. The summed E-state index contributed by atoms with van der Waals surface area (Å²) in [4.78, 5) is 14.6. The van der Waals surface area contributed by atoms with E-state index in [0.717, 1.165) is 32.5 Å². The van der Waals surface area contributed by atoms with E-state index in [1.54, 1.807) is 36.6 Å². The predicted molar refractivity (Wildman–Crippen MR) is 108 cm³/mol. The first-order chi connectivity index (χ1) is 13.1. The van der Waals surface area contributed by atoms with Gasteiger partial charge in [0.2, 0.25) is 5.95 Å². The number of aryl methyl sites for hydroxylation is 2. The van der Waals surface area contributed by atoms with Crippen molar-refractivity contribution >= 4 is 23.0 Å². The van der Waals surface area contributed by atoms with Crippen molar-refractivity contribution in [2.75, 3.05) is 5.32 Å². The summed E-state index contributed by atoms with van der Waals surface area (Å²) < 4.78 is 13.4. The number of thiazole rings is 1. The zero-order valence-electron chi connectivity index (χ0n) is 14.9. The third-order valence-corrected chi connectivity index (χ3v) is 5.35. The highest BCUT2D eigenvalue weighted by molar-refractivity contribution is 7.18. The fourth-order valence-electron chi connectivity index (χ4n) is 2.74. The Labute approximate surface area is 160 Å². The summed E-state index contributed by atoms with van der Waals surface area (Å²) in [5, 5.41) is 4.10. The number of nitrogens with zero attached hydrogens (tertiary/aromatic N) is 3. The molecule has 0 aliphatic rings. The molecule has 2 aromatic heterocycles. The van der Waals surface area contributed by atoms with Gasteiger partial charge in [0, 0.05) is 17.4 Å². The minimum atomic E-state index is -0.232. The molecular weight excluding hydrogens is 359 g/mol. The zero-order valence-corrected chi connectivity index (χ0v) is 15.7. The molecule has 0 bridgehead atoms. The lowest BCUT2D eigenvalue weighted by molar-refractivity contribution is 0.619. The molecule has 0 aliphatic heterocycles. The topological polar surface area (TPSA) is 50.7 Å². The number of hydrogen-bond donors (Lipinski definition) is 1. The molecule has 0 fully saturated rings. The Kier molecular flexibility index (Phi) is 4.64. The van der Waals surface area contributed by atoms with Gasteiger partial charge in [-0.1, -0.05) is 30.3 Å².